The van der Waals surface area contributed by atoms with Gasteiger partial charge in [-0.3, -0.25) is 33.6 Å². The lowest BCUT2D eigenvalue weighted by Gasteiger charge is -2.29. The smallest absolute Gasteiger partial charge is 0.352 e. The van der Waals surface area contributed by atoms with Crippen LogP contribution >= 0.6 is 0 Å². The van der Waals surface area contributed by atoms with Crippen LogP contribution in [0.15, 0.2) is 72.4 Å². The summed E-state index contributed by atoms with van der Waals surface area (Å²) in [5.41, 5.74) is 1.04. The first kappa shape index (κ1) is 50.0. The maximum atomic E-state index is 14.0. The number of carboxylic acids is 1. The largest absolute Gasteiger partial charge is 0.477 e. The molecule has 17 nitrogen and oxygen atoms in total. The van der Waals surface area contributed by atoms with E-state index in [1.807, 2.05) is 32.0 Å². The van der Waals surface area contributed by atoms with E-state index in [0.29, 0.717) is 5.56 Å². The molecule has 0 saturated carbocycles. The van der Waals surface area contributed by atoms with Crippen molar-refractivity contribution in [2.45, 2.75) is 123 Å². The van der Waals surface area contributed by atoms with E-state index in [9.17, 15) is 48.6 Å². The fourth-order valence-corrected chi connectivity index (χ4v) is 5.96. The zero-order valence-corrected chi connectivity index (χ0v) is 35.5. The Morgan fingerprint density at radius 1 is 0.583 bits per heavy atom. The van der Waals surface area contributed by atoms with E-state index in [1.165, 1.54) is 26.8 Å². The quantitative estimate of drug-likeness (QED) is 0.0718. The number of aliphatic hydroxyl groups excluding tert-OH is 1. The van der Waals surface area contributed by atoms with Gasteiger partial charge in [-0.2, -0.15) is 0 Å². The van der Waals surface area contributed by atoms with Gasteiger partial charge in [0.2, 0.25) is 41.4 Å². The van der Waals surface area contributed by atoms with E-state index >= 15 is 0 Å². The second-order valence-electron chi connectivity index (χ2n) is 15.3. The molecule has 7 unspecified atom stereocenters. The molecule has 2 aromatic rings. The molecule has 0 spiro atoms. The molecule has 2 aromatic carbocycles. The molecule has 60 heavy (non-hydrogen) atoms. The van der Waals surface area contributed by atoms with Crippen LogP contribution in [0.3, 0.4) is 0 Å². The number of carboxylic acid groups (broad SMARTS) is 1. The Morgan fingerprint density at radius 3 is 1.48 bits per heavy atom. The summed E-state index contributed by atoms with van der Waals surface area (Å²) in [6.45, 7) is 12.6. The molecule has 0 bridgehead atoms. The molecule has 2 rings (SSSR count). The lowest BCUT2D eigenvalue weighted by atomic mass is 9.99. The van der Waals surface area contributed by atoms with Gasteiger partial charge in [0.1, 0.15) is 41.9 Å². The van der Waals surface area contributed by atoms with Crippen molar-refractivity contribution in [3.05, 3.63) is 83.6 Å². The third-order valence-electron chi connectivity index (χ3n) is 9.35. The molecule has 0 aliphatic carbocycles. The summed E-state index contributed by atoms with van der Waals surface area (Å²) in [5, 5.41) is 37.8. The Kier molecular flexibility index (Phi) is 20.6. The molecule has 0 fully saturated rings. The van der Waals surface area contributed by atoms with Gasteiger partial charge < -0.3 is 47.4 Å². The number of nitrogens with one attached hydrogen (secondary N) is 7. The maximum absolute atomic E-state index is 14.0. The van der Waals surface area contributed by atoms with E-state index in [4.69, 9.17) is 0 Å². The summed E-state index contributed by atoms with van der Waals surface area (Å²) in [6.07, 6.45) is 0.0946. The number of aliphatic carboxylic acids is 1. The van der Waals surface area contributed by atoms with Crippen LogP contribution in [0, 0.1) is 11.8 Å². The van der Waals surface area contributed by atoms with Gasteiger partial charge in [-0.05, 0) is 50.2 Å². The molecule has 0 heterocycles. The number of hydrogen-bond donors (Lipinski definition) is 9. The van der Waals surface area contributed by atoms with E-state index < -0.39 is 95.4 Å². The van der Waals surface area contributed by atoms with E-state index in [-0.39, 0.29) is 37.5 Å². The molecule has 7 atom stereocenters. The first-order valence-corrected chi connectivity index (χ1v) is 20.0. The van der Waals surface area contributed by atoms with Crippen LogP contribution in [0.2, 0.25) is 0 Å². The van der Waals surface area contributed by atoms with E-state index in [2.05, 4.69) is 37.2 Å². The Hall–Kier alpha value is -6.10. The number of benzene rings is 2. The fourth-order valence-electron chi connectivity index (χ4n) is 5.96. The summed E-state index contributed by atoms with van der Waals surface area (Å²) in [5.74, 6) is -7.09. The van der Waals surface area contributed by atoms with Crippen LogP contribution in [0.1, 0.15) is 79.4 Å². The normalized spacial score (nSPS) is 14.9. The van der Waals surface area contributed by atoms with Gasteiger partial charge >= 0.3 is 5.97 Å². The van der Waals surface area contributed by atoms with Crippen LogP contribution in [0.5, 0.6) is 0 Å². The summed E-state index contributed by atoms with van der Waals surface area (Å²) in [6, 6.07) is 10.2. The average Bonchev–Trinajstić information content (AvgIpc) is 3.19. The highest BCUT2D eigenvalue weighted by atomic mass is 16.4. The van der Waals surface area contributed by atoms with Gasteiger partial charge in [0.05, 0.1) is 6.10 Å². The minimum Gasteiger partial charge on any atom is -0.477 e. The maximum Gasteiger partial charge on any atom is 0.352 e. The monoisotopic (exact) mass is 835 g/mol. The Labute approximate surface area is 351 Å². The second-order valence-corrected chi connectivity index (χ2v) is 15.3. The van der Waals surface area contributed by atoms with Crippen molar-refractivity contribution in [2.75, 3.05) is 0 Å². The number of rotatable bonds is 23. The molecule has 0 saturated heterocycles. The van der Waals surface area contributed by atoms with Crippen molar-refractivity contribution in [2.24, 2.45) is 11.8 Å². The molecule has 0 aliphatic heterocycles. The first-order chi connectivity index (χ1) is 28.3. The second kappa shape index (κ2) is 24.7. The first-order valence-electron chi connectivity index (χ1n) is 20.0. The van der Waals surface area contributed by atoms with Gasteiger partial charge in [-0.25, -0.2) is 4.79 Å². The molecule has 7 amide bonds. The molecule has 0 radical (unpaired) electrons. The zero-order chi connectivity index (χ0) is 45.1. The van der Waals surface area contributed by atoms with Gasteiger partial charge in [0.25, 0.3) is 0 Å². The third kappa shape index (κ3) is 16.6. The number of amides is 7. The lowest BCUT2D eigenvalue weighted by Crippen LogP contribution is -2.62. The van der Waals surface area contributed by atoms with E-state index in [0.717, 1.165) is 5.56 Å². The summed E-state index contributed by atoms with van der Waals surface area (Å²) in [7, 11) is 0. The predicted molar refractivity (Wildman–Crippen MR) is 223 cm³/mol. The Balaban J connectivity index is 2.34. The van der Waals surface area contributed by atoms with Crippen molar-refractivity contribution in [1.29, 1.82) is 0 Å². The minimum absolute atomic E-state index is 0.0497. The predicted octanol–water partition coefficient (Wildman–Crippen LogP) is 0.998. The highest BCUT2D eigenvalue weighted by molar-refractivity contribution is 5.98. The number of aliphatic hydroxyl groups is 1. The Morgan fingerprint density at radius 2 is 1.03 bits per heavy atom. The highest BCUT2D eigenvalue weighted by Crippen LogP contribution is 2.12. The van der Waals surface area contributed by atoms with Crippen molar-refractivity contribution in [3.8, 4) is 0 Å². The number of carbonyl (C=O) groups is 8. The molecule has 0 aromatic heterocycles. The highest BCUT2D eigenvalue weighted by Gasteiger charge is 2.35. The average molecular weight is 836 g/mol. The lowest BCUT2D eigenvalue weighted by molar-refractivity contribution is -0.137. The molecule has 0 aliphatic rings. The molecular weight excluding hydrogens is 775 g/mol. The molecular formula is C43H61N7O10. The van der Waals surface area contributed by atoms with Crippen molar-refractivity contribution in [1.82, 2.24) is 37.2 Å². The molecule has 17 heteroatoms. The molecule has 328 valence electrons. The van der Waals surface area contributed by atoms with Crippen molar-refractivity contribution >= 4 is 47.3 Å². The van der Waals surface area contributed by atoms with E-state index in [1.54, 1.807) is 63.2 Å². The van der Waals surface area contributed by atoms with Crippen LogP contribution in [0.4, 0.5) is 0 Å². The number of carbonyl (C=O) groups excluding carboxylic acids is 7. The van der Waals surface area contributed by atoms with Crippen LogP contribution in [-0.4, -0.2) is 99.9 Å². The standard InChI is InChI=1S/C43H61N7O10/c1-9-30(43(59)60)46-37(53)26(7)44-41(57)35(25(5)6)49-42(58)36(27(8)51)50-40(56)33(23-29-19-15-12-16-20-29)48-38(54)31(21-24(3)4)47-39(55)32(45-34(52)10-2)22-28-17-13-11-14-18-28/h9,11-20,24-27,31-33,35-36,51H,10,21-23H2,1-8H3,(H,44,57)(H,45,52)(H,46,53)(H,47,55)(H,48,54)(H,49,58)(H,50,56)(H,59,60). The minimum atomic E-state index is -1.62. The number of allylic oxidation sites excluding steroid dienone is 1. The van der Waals surface area contributed by atoms with Gasteiger partial charge in [-0.1, -0.05) is 101 Å². The molecule has 9 N–H and O–H groups in total. The van der Waals surface area contributed by atoms with Crippen LogP contribution < -0.4 is 37.2 Å². The summed E-state index contributed by atoms with van der Waals surface area (Å²) in [4.78, 5) is 105. The van der Waals surface area contributed by atoms with Crippen molar-refractivity contribution < 1.29 is 48.6 Å². The third-order valence-corrected chi connectivity index (χ3v) is 9.35. The van der Waals surface area contributed by atoms with Gasteiger partial charge in [0.15, 0.2) is 0 Å². The van der Waals surface area contributed by atoms with Gasteiger partial charge in [0, 0.05) is 19.3 Å². The Bertz CT molecular complexity index is 1820. The SMILES string of the molecule is CC=C(NC(=O)C(C)NC(=O)C(NC(=O)C(NC(=O)C(Cc1ccccc1)NC(=O)C(CC(C)C)NC(=O)C(Cc1ccccc1)NC(=O)CC)C(C)O)C(C)C)C(=O)O. The fraction of sp³-hybridized carbons (Fsp3) is 0.488. The summed E-state index contributed by atoms with van der Waals surface area (Å²) < 4.78 is 0. The topological polar surface area (TPSA) is 261 Å². The zero-order valence-electron chi connectivity index (χ0n) is 35.5. The van der Waals surface area contributed by atoms with Crippen LogP contribution in [-0.2, 0) is 51.2 Å². The summed E-state index contributed by atoms with van der Waals surface area (Å²) >= 11 is 0. The van der Waals surface area contributed by atoms with Crippen LogP contribution in [0.25, 0.3) is 0 Å². The van der Waals surface area contributed by atoms with Crippen molar-refractivity contribution in [3.63, 3.8) is 0 Å². The number of hydrogen-bond acceptors (Lipinski definition) is 9. The van der Waals surface area contributed by atoms with Gasteiger partial charge in [-0.15, -0.1) is 0 Å².